The molecule has 1 aromatic heterocycles. The molecule has 1 unspecified atom stereocenters. The summed E-state index contributed by atoms with van der Waals surface area (Å²) in [7, 11) is 0. The summed E-state index contributed by atoms with van der Waals surface area (Å²) in [5.74, 6) is 0.575. The summed E-state index contributed by atoms with van der Waals surface area (Å²) in [5.41, 5.74) is 3.21. The van der Waals surface area contributed by atoms with Crippen LogP contribution in [0.25, 0.3) is 0 Å². The number of rotatable bonds is 3. The minimum atomic E-state index is 0.0699. The summed E-state index contributed by atoms with van der Waals surface area (Å²) in [5, 5.41) is 10.6. The third kappa shape index (κ3) is 2.77. The Labute approximate surface area is 120 Å². The van der Waals surface area contributed by atoms with E-state index < -0.39 is 0 Å². The van der Waals surface area contributed by atoms with Crippen LogP contribution in [0.15, 0.2) is 39.9 Å². The van der Waals surface area contributed by atoms with Crippen molar-refractivity contribution in [3.05, 3.63) is 40.6 Å². The number of hydrogen-bond acceptors (Lipinski definition) is 4. The summed E-state index contributed by atoms with van der Waals surface area (Å²) in [6.07, 6.45) is 0. The van der Waals surface area contributed by atoms with Gasteiger partial charge in [-0.25, -0.2) is 0 Å². The van der Waals surface area contributed by atoms with E-state index in [2.05, 4.69) is 46.5 Å². The molecule has 1 aliphatic heterocycles. The lowest BCUT2D eigenvalue weighted by molar-refractivity contribution is -0.113. The molecule has 0 spiro atoms. The molecule has 2 aromatic rings. The highest BCUT2D eigenvalue weighted by Crippen LogP contribution is 2.34. The maximum absolute atomic E-state index is 11.4. The molecule has 1 amide bonds. The summed E-state index contributed by atoms with van der Waals surface area (Å²) >= 11 is 3.29. The van der Waals surface area contributed by atoms with Gasteiger partial charge in [0.15, 0.2) is 0 Å². The number of nitrogens with one attached hydrogen (secondary N) is 2. The van der Waals surface area contributed by atoms with Crippen molar-refractivity contribution >= 4 is 40.4 Å². The molecule has 0 radical (unpaired) electrons. The highest BCUT2D eigenvalue weighted by atomic mass is 32.2. The molecule has 3 nitrogen and oxygen atoms in total. The molecular weight excluding hydrogens is 276 g/mol. The van der Waals surface area contributed by atoms with Crippen LogP contribution in [0.4, 0.5) is 11.4 Å². The Morgan fingerprint density at radius 1 is 1.37 bits per heavy atom. The van der Waals surface area contributed by atoms with Crippen molar-refractivity contribution in [3.63, 3.8) is 0 Å². The molecule has 0 aliphatic carbocycles. The number of anilines is 2. The molecule has 3 rings (SSSR count). The van der Waals surface area contributed by atoms with Gasteiger partial charge in [0.25, 0.3) is 0 Å². The number of hydrogen-bond donors (Lipinski definition) is 2. The normalized spacial score (nSPS) is 15.5. The van der Waals surface area contributed by atoms with Crippen molar-refractivity contribution in [2.45, 2.75) is 17.9 Å². The van der Waals surface area contributed by atoms with Crippen LogP contribution in [0.2, 0.25) is 0 Å². The monoisotopic (exact) mass is 290 g/mol. The van der Waals surface area contributed by atoms with Crippen LogP contribution < -0.4 is 10.6 Å². The number of thioether (sulfide) groups is 1. The summed E-state index contributed by atoms with van der Waals surface area (Å²) < 4.78 is 0. The van der Waals surface area contributed by atoms with Crippen LogP contribution >= 0.6 is 23.1 Å². The fourth-order valence-corrected chi connectivity index (χ4v) is 3.57. The molecule has 98 valence electrons. The Balaban J connectivity index is 1.79. The van der Waals surface area contributed by atoms with Crippen LogP contribution in [0, 0.1) is 0 Å². The van der Waals surface area contributed by atoms with E-state index in [0.29, 0.717) is 5.75 Å². The van der Waals surface area contributed by atoms with Gasteiger partial charge in [0.05, 0.1) is 11.4 Å². The Bertz CT molecular complexity index is 595. The van der Waals surface area contributed by atoms with Crippen LogP contribution in [0.5, 0.6) is 0 Å². The van der Waals surface area contributed by atoms with Gasteiger partial charge in [-0.15, -0.1) is 11.8 Å². The van der Waals surface area contributed by atoms with E-state index >= 15 is 0 Å². The Kier molecular flexibility index (Phi) is 3.48. The molecular formula is C14H14N2OS2. The smallest absolute Gasteiger partial charge is 0.234 e. The maximum Gasteiger partial charge on any atom is 0.234 e. The van der Waals surface area contributed by atoms with Gasteiger partial charge in [-0.05, 0) is 47.5 Å². The average Bonchev–Trinajstić information content (AvgIpc) is 2.92. The zero-order valence-electron chi connectivity index (χ0n) is 10.5. The first-order chi connectivity index (χ1) is 9.22. The van der Waals surface area contributed by atoms with Gasteiger partial charge in [0.1, 0.15) is 0 Å². The van der Waals surface area contributed by atoms with E-state index in [-0.39, 0.29) is 11.9 Å². The molecule has 1 aliphatic rings. The minimum Gasteiger partial charge on any atom is -0.378 e. The van der Waals surface area contributed by atoms with Crippen molar-refractivity contribution in [2.24, 2.45) is 0 Å². The van der Waals surface area contributed by atoms with Crippen molar-refractivity contribution in [3.8, 4) is 0 Å². The second-order valence-electron chi connectivity index (χ2n) is 4.47. The van der Waals surface area contributed by atoms with Gasteiger partial charge in [-0.1, -0.05) is 0 Å². The van der Waals surface area contributed by atoms with Crippen LogP contribution in [-0.2, 0) is 4.79 Å². The van der Waals surface area contributed by atoms with Gasteiger partial charge < -0.3 is 10.6 Å². The number of benzene rings is 1. The average molecular weight is 290 g/mol. The molecule has 0 saturated heterocycles. The van der Waals surface area contributed by atoms with Crippen molar-refractivity contribution in [1.82, 2.24) is 0 Å². The largest absolute Gasteiger partial charge is 0.378 e. The fourth-order valence-electron chi connectivity index (χ4n) is 2.03. The number of amides is 1. The van der Waals surface area contributed by atoms with E-state index in [1.54, 1.807) is 23.1 Å². The first-order valence-corrected chi connectivity index (χ1v) is 8.00. The molecule has 0 bridgehead atoms. The van der Waals surface area contributed by atoms with Crippen molar-refractivity contribution in [2.75, 3.05) is 16.4 Å². The number of carbonyl (C=O) groups excluding carboxylic acids is 1. The third-order valence-corrected chi connectivity index (χ3v) is 4.81. The van der Waals surface area contributed by atoms with Crippen LogP contribution in [0.1, 0.15) is 18.5 Å². The van der Waals surface area contributed by atoms with E-state index in [4.69, 9.17) is 0 Å². The lowest BCUT2D eigenvalue weighted by atomic mass is 10.1. The first kappa shape index (κ1) is 12.6. The van der Waals surface area contributed by atoms with Crippen molar-refractivity contribution in [1.29, 1.82) is 0 Å². The first-order valence-electron chi connectivity index (χ1n) is 6.08. The fraction of sp³-hybridized carbons (Fsp3) is 0.214. The maximum atomic E-state index is 11.4. The predicted octanol–water partition coefficient (Wildman–Crippen LogP) is 3.97. The van der Waals surface area contributed by atoms with Crippen molar-refractivity contribution < 1.29 is 4.79 Å². The summed E-state index contributed by atoms with van der Waals surface area (Å²) in [4.78, 5) is 12.5. The highest BCUT2D eigenvalue weighted by molar-refractivity contribution is 8.00. The second-order valence-corrected chi connectivity index (χ2v) is 6.27. The molecule has 1 aromatic carbocycles. The minimum absolute atomic E-state index is 0.0699. The van der Waals surface area contributed by atoms with Gasteiger partial charge in [0, 0.05) is 16.6 Å². The van der Waals surface area contributed by atoms with E-state index in [1.165, 1.54) is 5.56 Å². The predicted molar refractivity (Wildman–Crippen MR) is 82.2 cm³/mol. The summed E-state index contributed by atoms with van der Waals surface area (Å²) in [6.45, 7) is 2.13. The Morgan fingerprint density at radius 3 is 3.05 bits per heavy atom. The highest BCUT2D eigenvalue weighted by Gasteiger charge is 2.16. The van der Waals surface area contributed by atoms with E-state index in [9.17, 15) is 4.79 Å². The van der Waals surface area contributed by atoms with Crippen LogP contribution in [-0.4, -0.2) is 11.7 Å². The zero-order valence-corrected chi connectivity index (χ0v) is 12.1. The number of carbonyl (C=O) groups is 1. The zero-order chi connectivity index (χ0) is 13.2. The molecule has 1 atom stereocenters. The molecule has 19 heavy (non-hydrogen) atoms. The van der Waals surface area contributed by atoms with E-state index in [1.807, 2.05) is 6.07 Å². The quantitative estimate of drug-likeness (QED) is 0.899. The third-order valence-electron chi connectivity index (χ3n) is 3.04. The van der Waals surface area contributed by atoms with Gasteiger partial charge in [-0.2, -0.15) is 11.3 Å². The number of thiophene rings is 1. The number of fused-ring (bicyclic) bond motifs is 1. The van der Waals surface area contributed by atoms with Gasteiger partial charge >= 0.3 is 0 Å². The Hall–Kier alpha value is -1.46. The summed E-state index contributed by atoms with van der Waals surface area (Å²) in [6, 6.07) is 8.51. The molecule has 2 N–H and O–H groups in total. The molecule has 5 heteroatoms. The lowest BCUT2D eigenvalue weighted by Crippen LogP contribution is -2.18. The second kappa shape index (κ2) is 5.27. The molecule has 0 saturated carbocycles. The topological polar surface area (TPSA) is 41.1 Å². The van der Waals surface area contributed by atoms with Gasteiger partial charge in [0.2, 0.25) is 5.91 Å². The van der Waals surface area contributed by atoms with Gasteiger partial charge in [-0.3, -0.25) is 4.79 Å². The standard InChI is InChI=1S/C14H14N2OS2/c1-9(10-4-5-18-7-10)15-11-2-3-13-12(6-11)16-14(17)8-19-13/h2-7,9,15H,8H2,1H3,(H,16,17). The Morgan fingerprint density at radius 2 is 2.26 bits per heavy atom. The SMILES string of the molecule is CC(Nc1ccc2c(c1)NC(=O)CS2)c1ccsc1. The van der Waals surface area contributed by atoms with Crippen LogP contribution in [0.3, 0.4) is 0 Å². The lowest BCUT2D eigenvalue weighted by Gasteiger charge is -2.19. The molecule has 0 fully saturated rings. The van der Waals surface area contributed by atoms with E-state index in [0.717, 1.165) is 16.3 Å². The molecule has 2 heterocycles.